The van der Waals surface area contributed by atoms with Crippen molar-refractivity contribution in [3.8, 4) is 0 Å². The van der Waals surface area contributed by atoms with Crippen LogP contribution in [0.1, 0.15) is 0 Å². The first-order valence-electron chi connectivity index (χ1n) is 4.93. The van der Waals surface area contributed by atoms with Crippen molar-refractivity contribution in [3.05, 3.63) is 24.5 Å². The van der Waals surface area contributed by atoms with Gasteiger partial charge in [0.25, 0.3) is 0 Å². The number of aliphatic hydroxyl groups is 1. The smallest absolute Gasteiger partial charge is 0.122 e. The molecule has 3 aromatic rings. The van der Waals surface area contributed by atoms with Crippen LogP contribution in [0, 0.1) is 0 Å². The van der Waals surface area contributed by atoms with Crippen molar-refractivity contribution in [1.29, 1.82) is 0 Å². The van der Waals surface area contributed by atoms with Crippen LogP contribution >= 0.6 is 0 Å². The molecule has 0 aliphatic rings. The van der Waals surface area contributed by atoms with Crippen LogP contribution in [0.15, 0.2) is 24.5 Å². The minimum atomic E-state index is 0.0467. The Hall–Kier alpha value is -2.08. The normalized spacial score (nSPS) is 11.3. The fraction of sp³-hybridized carbons (Fsp3) is 0.200. The van der Waals surface area contributed by atoms with Crippen LogP contribution in [-0.2, 0) is 6.54 Å². The molecule has 0 aliphatic carbocycles. The largest absolute Gasteiger partial charge is 0.394 e. The fourth-order valence-electron chi connectivity index (χ4n) is 1.77. The van der Waals surface area contributed by atoms with E-state index in [1.54, 1.807) is 17.1 Å². The van der Waals surface area contributed by atoms with Gasteiger partial charge >= 0.3 is 0 Å². The van der Waals surface area contributed by atoms with Crippen molar-refractivity contribution < 1.29 is 5.11 Å². The van der Waals surface area contributed by atoms with E-state index in [0.29, 0.717) is 6.54 Å². The predicted octanol–water partition coefficient (Wildman–Crippen LogP) is 0.367. The molecule has 0 fully saturated rings. The lowest BCUT2D eigenvalue weighted by Crippen LogP contribution is -2.03. The summed E-state index contributed by atoms with van der Waals surface area (Å²) in [6, 6.07) is 3.87. The van der Waals surface area contributed by atoms with Crippen molar-refractivity contribution in [2.45, 2.75) is 6.54 Å². The number of benzene rings is 1. The molecule has 6 heteroatoms. The monoisotopic (exact) mass is 215 g/mol. The van der Waals surface area contributed by atoms with Gasteiger partial charge in [0.2, 0.25) is 0 Å². The number of hydrogen-bond acceptors (Lipinski definition) is 5. The zero-order valence-electron chi connectivity index (χ0n) is 8.41. The van der Waals surface area contributed by atoms with Crippen LogP contribution in [0.2, 0.25) is 0 Å². The molecule has 0 amide bonds. The number of aromatic nitrogens is 5. The molecule has 0 bridgehead atoms. The van der Waals surface area contributed by atoms with Gasteiger partial charge in [0, 0.05) is 10.8 Å². The van der Waals surface area contributed by atoms with Crippen LogP contribution in [0.3, 0.4) is 0 Å². The molecular formula is C10H9N5O. The van der Waals surface area contributed by atoms with Gasteiger partial charge in [-0.05, 0) is 6.07 Å². The molecular weight excluding hydrogens is 206 g/mol. The van der Waals surface area contributed by atoms with Gasteiger partial charge in [-0.15, -0.1) is 5.10 Å². The first-order chi connectivity index (χ1) is 7.90. The Balaban J connectivity index is 2.36. The third kappa shape index (κ3) is 1.24. The van der Waals surface area contributed by atoms with Crippen molar-refractivity contribution in [2.24, 2.45) is 0 Å². The second-order valence-electron chi connectivity index (χ2n) is 3.46. The maximum atomic E-state index is 8.90. The molecule has 0 radical (unpaired) electrons. The fourth-order valence-corrected chi connectivity index (χ4v) is 1.77. The molecule has 0 saturated heterocycles. The molecule has 0 aliphatic heterocycles. The Labute approximate surface area is 90.5 Å². The van der Waals surface area contributed by atoms with Gasteiger partial charge in [0.1, 0.15) is 5.52 Å². The lowest BCUT2D eigenvalue weighted by atomic mass is 10.2. The number of hydrogen-bond donors (Lipinski definition) is 1. The van der Waals surface area contributed by atoms with Crippen LogP contribution in [-0.4, -0.2) is 36.9 Å². The summed E-state index contributed by atoms with van der Waals surface area (Å²) in [6.07, 6.45) is 3.37. The summed E-state index contributed by atoms with van der Waals surface area (Å²) in [5.74, 6) is 0. The minimum absolute atomic E-state index is 0.0467. The zero-order chi connectivity index (χ0) is 11.0. The lowest BCUT2D eigenvalue weighted by Gasteiger charge is -1.99. The van der Waals surface area contributed by atoms with E-state index in [9.17, 15) is 0 Å². The van der Waals surface area contributed by atoms with E-state index in [-0.39, 0.29) is 6.61 Å². The highest BCUT2D eigenvalue weighted by atomic mass is 16.3. The highest BCUT2D eigenvalue weighted by molar-refractivity contribution is 6.02. The summed E-state index contributed by atoms with van der Waals surface area (Å²) in [4.78, 5) is 0. The Morgan fingerprint density at radius 2 is 2.06 bits per heavy atom. The molecule has 0 saturated carbocycles. The third-order valence-electron chi connectivity index (χ3n) is 2.52. The summed E-state index contributed by atoms with van der Waals surface area (Å²) in [7, 11) is 0. The lowest BCUT2D eigenvalue weighted by molar-refractivity contribution is 0.270. The summed E-state index contributed by atoms with van der Waals surface area (Å²) in [6.45, 7) is 0.492. The van der Waals surface area contributed by atoms with E-state index < -0.39 is 0 Å². The van der Waals surface area contributed by atoms with E-state index >= 15 is 0 Å². The van der Waals surface area contributed by atoms with Gasteiger partial charge in [0.05, 0.1) is 31.1 Å². The summed E-state index contributed by atoms with van der Waals surface area (Å²) < 4.78 is 1.68. The summed E-state index contributed by atoms with van der Waals surface area (Å²) in [5.41, 5.74) is 1.69. The number of rotatable bonds is 2. The van der Waals surface area contributed by atoms with Gasteiger partial charge < -0.3 is 5.11 Å². The van der Waals surface area contributed by atoms with E-state index in [1.165, 1.54) is 0 Å². The van der Waals surface area contributed by atoms with Crippen LogP contribution in [0.25, 0.3) is 21.8 Å². The molecule has 2 aromatic heterocycles. The second-order valence-corrected chi connectivity index (χ2v) is 3.46. The van der Waals surface area contributed by atoms with Crippen LogP contribution in [0.4, 0.5) is 0 Å². The van der Waals surface area contributed by atoms with Crippen molar-refractivity contribution in [2.75, 3.05) is 6.61 Å². The molecule has 80 valence electrons. The van der Waals surface area contributed by atoms with Gasteiger partial charge in [0.15, 0.2) is 0 Å². The first-order valence-corrected chi connectivity index (χ1v) is 4.93. The average molecular weight is 215 g/mol. The maximum absolute atomic E-state index is 8.90. The van der Waals surface area contributed by atoms with Gasteiger partial charge in [-0.3, -0.25) is 0 Å². The molecule has 6 nitrogen and oxygen atoms in total. The van der Waals surface area contributed by atoms with E-state index in [2.05, 4.69) is 20.5 Å². The highest BCUT2D eigenvalue weighted by Crippen LogP contribution is 2.21. The van der Waals surface area contributed by atoms with E-state index in [0.717, 1.165) is 21.8 Å². The standard InChI is InChI=1S/C10H9N5O/c16-4-3-15-9-2-1-7-5-11-12-6-8(7)10(9)13-14-15/h1-2,5-6,16H,3-4H2. The Morgan fingerprint density at radius 1 is 1.19 bits per heavy atom. The molecule has 1 N–H and O–H groups in total. The highest BCUT2D eigenvalue weighted by Gasteiger charge is 2.07. The maximum Gasteiger partial charge on any atom is 0.122 e. The van der Waals surface area contributed by atoms with Crippen molar-refractivity contribution >= 4 is 21.8 Å². The molecule has 3 rings (SSSR count). The molecule has 0 atom stereocenters. The molecule has 0 spiro atoms. The number of fused-ring (bicyclic) bond motifs is 3. The number of aliphatic hydroxyl groups excluding tert-OH is 1. The van der Waals surface area contributed by atoms with E-state index in [4.69, 9.17) is 5.11 Å². The Bertz CT molecular complexity index is 648. The van der Waals surface area contributed by atoms with Crippen molar-refractivity contribution in [3.63, 3.8) is 0 Å². The predicted molar refractivity (Wildman–Crippen MR) is 57.7 cm³/mol. The minimum Gasteiger partial charge on any atom is -0.394 e. The second kappa shape index (κ2) is 3.49. The van der Waals surface area contributed by atoms with Gasteiger partial charge in [-0.2, -0.15) is 10.2 Å². The topological polar surface area (TPSA) is 76.7 Å². The Kier molecular flexibility index (Phi) is 2.00. The zero-order valence-corrected chi connectivity index (χ0v) is 8.41. The molecule has 0 unspecified atom stereocenters. The molecule has 16 heavy (non-hydrogen) atoms. The quantitative estimate of drug-likeness (QED) is 0.668. The summed E-state index contributed by atoms with van der Waals surface area (Å²) >= 11 is 0. The third-order valence-corrected chi connectivity index (χ3v) is 2.52. The van der Waals surface area contributed by atoms with Crippen LogP contribution in [0.5, 0.6) is 0 Å². The first kappa shape index (κ1) is 9.17. The van der Waals surface area contributed by atoms with Crippen molar-refractivity contribution in [1.82, 2.24) is 25.2 Å². The van der Waals surface area contributed by atoms with Crippen LogP contribution < -0.4 is 0 Å². The summed E-state index contributed by atoms with van der Waals surface area (Å²) in [5, 5.41) is 26.6. The van der Waals surface area contributed by atoms with Gasteiger partial charge in [-0.25, -0.2) is 4.68 Å². The van der Waals surface area contributed by atoms with Gasteiger partial charge in [-0.1, -0.05) is 11.3 Å². The Morgan fingerprint density at radius 3 is 2.94 bits per heavy atom. The van der Waals surface area contributed by atoms with E-state index in [1.807, 2.05) is 12.1 Å². The molecule has 1 aromatic carbocycles. The SMILES string of the molecule is OCCn1nnc2c3cnncc3ccc21. The average Bonchev–Trinajstić information content (AvgIpc) is 2.73. The number of nitrogens with zero attached hydrogens (tertiary/aromatic N) is 5. The molecule has 2 heterocycles.